The number of rotatable bonds is 3. The Morgan fingerprint density at radius 3 is 2.78 bits per heavy atom. The van der Waals surface area contributed by atoms with E-state index in [4.69, 9.17) is 0 Å². The third-order valence-electron chi connectivity index (χ3n) is 4.47. The molecule has 0 spiro atoms. The summed E-state index contributed by atoms with van der Waals surface area (Å²) in [6.45, 7) is 4.04. The topological polar surface area (TPSA) is 61.4 Å². The van der Waals surface area contributed by atoms with Gasteiger partial charge in [-0.25, -0.2) is 4.79 Å². The number of carbonyl (C=O) groups excluding carboxylic acids is 1. The van der Waals surface area contributed by atoms with Crippen molar-refractivity contribution in [1.29, 1.82) is 0 Å². The van der Waals surface area contributed by atoms with Crippen LogP contribution in [-0.2, 0) is 12.8 Å². The molecular weight excluding hydrogens is 288 g/mol. The van der Waals surface area contributed by atoms with Gasteiger partial charge in [0.1, 0.15) is 0 Å². The van der Waals surface area contributed by atoms with Gasteiger partial charge in [-0.1, -0.05) is 49.4 Å². The van der Waals surface area contributed by atoms with Gasteiger partial charge in [-0.15, -0.1) is 0 Å². The number of amides is 2. The van der Waals surface area contributed by atoms with E-state index in [1.165, 1.54) is 0 Å². The minimum atomic E-state index is -0.583. The van der Waals surface area contributed by atoms with Crippen LogP contribution in [0.1, 0.15) is 35.2 Å². The molecule has 0 saturated heterocycles. The summed E-state index contributed by atoms with van der Waals surface area (Å²) in [5, 5.41) is 16.1. The van der Waals surface area contributed by atoms with Crippen molar-refractivity contribution in [2.24, 2.45) is 0 Å². The maximum absolute atomic E-state index is 12.4. The number of para-hydroxylation sites is 1. The zero-order valence-electron chi connectivity index (χ0n) is 13.5. The zero-order chi connectivity index (χ0) is 16.4. The van der Waals surface area contributed by atoms with Gasteiger partial charge in [-0.05, 0) is 35.6 Å². The molecule has 2 amide bonds. The van der Waals surface area contributed by atoms with Crippen molar-refractivity contribution in [3.8, 4) is 0 Å². The van der Waals surface area contributed by atoms with E-state index in [0.29, 0.717) is 6.42 Å². The highest BCUT2D eigenvalue weighted by Gasteiger charge is 2.31. The molecule has 0 radical (unpaired) electrons. The van der Waals surface area contributed by atoms with Crippen molar-refractivity contribution < 1.29 is 9.90 Å². The second kappa shape index (κ2) is 6.42. The number of carbonyl (C=O) groups is 1. The number of aliphatic hydroxyl groups excluding tert-OH is 1. The highest BCUT2D eigenvalue weighted by Crippen LogP contribution is 2.31. The molecule has 23 heavy (non-hydrogen) atoms. The number of urea groups is 1. The summed E-state index contributed by atoms with van der Waals surface area (Å²) in [5.41, 5.74) is 5.08. The van der Waals surface area contributed by atoms with Crippen LogP contribution in [0, 0.1) is 6.92 Å². The molecule has 0 heterocycles. The first-order valence-electron chi connectivity index (χ1n) is 8.02. The number of hydrogen-bond acceptors (Lipinski definition) is 2. The average molecular weight is 310 g/mol. The van der Waals surface area contributed by atoms with Crippen molar-refractivity contribution in [3.05, 3.63) is 64.7 Å². The lowest BCUT2D eigenvalue weighted by Crippen LogP contribution is -2.37. The van der Waals surface area contributed by atoms with Crippen LogP contribution in [0.25, 0.3) is 0 Å². The maximum atomic E-state index is 12.4. The van der Waals surface area contributed by atoms with Crippen molar-refractivity contribution in [2.75, 3.05) is 5.32 Å². The summed E-state index contributed by atoms with van der Waals surface area (Å²) in [6.07, 6.45) is 0.846. The monoisotopic (exact) mass is 310 g/mol. The molecule has 0 aromatic heterocycles. The Hall–Kier alpha value is -2.33. The van der Waals surface area contributed by atoms with Crippen LogP contribution in [0.5, 0.6) is 0 Å². The first-order valence-corrected chi connectivity index (χ1v) is 8.02. The minimum absolute atomic E-state index is 0.283. The van der Waals surface area contributed by atoms with Crippen molar-refractivity contribution in [3.63, 3.8) is 0 Å². The van der Waals surface area contributed by atoms with E-state index in [0.717, 1.165) is 34.4 Å². The number of aliphatic hydroxyl groups is 1. The predicted octanol–water partition coefficient (Wildman–Crippen LogP) is 3.34. The van der Waals surface area contributed by atoms with Gasteiger partial charge in [-0.3, -0.25) is 0 Å². The first kappa shape index (κ1) is 15.6. The summed E-state index contributed by atoms with van der Waals surface area (Å²) >= 11 is 0. The Morgan fingerprint density at radius 1 is 1.22 bits per heavy atom. The van der Waals surface area contributed by atoms with Gasteiger partial charge in [0, 0.05) is 12.1 Å². The van der Waals surface area contributed by atoms with E-state index in [2.05, 4.69) is 17.6 Å². The standard InChI is InChI=1S/C19H22N2O2/c1-3-13-9-6-7-12(2)17(13)20-19(23)21-18-15-10-5-4-8-14(15)11-16(18)22/h4-10,16,18,22H,3,11H2,1-2H3,(H2,20,21,23)/t16-,18+/m0/s1. The normalized spacial score (nSPS) is 19.3. The Morgan fingerprint density at radius 2 is 2.00 bits per heavy atom. The molecule has 2 aromatic carbocycles. The molecule has 1 aliphatic rings. The number of hydrogen-bond donors (Lipinski definition) is 3. The summed E-state index contributed by atoms with van der Waals surface area (Å²) in [5.74, 6) is 0. The number of anilines is 1. The van der Waals surface area contributed by atoms with Crippen LogP contribution in [0.4, 0.5) is 10.5 Å². The molecule has 2 atom stereocenters. The largest absolute Gasteiger partial charge is 0.390 e. The minimum Gasteiger partial charge on any atom is -0.390 e. The third-order valence-corrected chi connectivity index (χ3v) is 4.47. The molecule has 0 unspecified atom stereocenters. The molecule has 0 fully saturated rings. The second-order valence-electron chi connectivity index (χ2n) is 6.01. The number of fused-ring (bicyclic) bond motifs is 1. The molecule has 3 N–H and O–H groups in total. The van der Waals surface area contributed by atoms with E-state index in [1.54, 1.807) is 0 Å². The molecular formula is C19H22N2O2. The van der Waals surface area contributed by atoms with Crippen LogP contribution in [0.15, 0.2) is 42.5 Å². The summed E-state index contributed by atoms with van der Waals surface area (Å²) in [6, 6.07) is 13.2. The zero-order valence-corrected chi connectivity index (χ0v) is 13.5. The van der Waals surface area contributed by atoms with Crippen LogP contribution in [-0.4, -0.2) is 17.2 Å². The first-order chi connectivity index (χ1) is 11.1. The van der Waals surface area contributed by atoms with Crippen LogP contribution >= 0.6 is 0 Å². The molecule has 3 rings (SSSR count). The molecule has 2 aromatic rings. The van der Waals surface area contributed by atoms with E-state index in [1.807, 2.05) is 49.4 Å². The summed E-state index contributed by atoms with van der Waals surface area (Å²) < 4.78 is 0. The van der Waals surface area contributed by atoms with Gasteiger partial charge < -0.3 is 15.7 Å². The van der Waals surface area contributed by atoms with Crippen molar-refractivity contribution >= 4 is 11.7 Å². The predicted molar refractivity (Wildman–Crippen MR) is 91.6 cm³/mol. The number of benzene rings is 2. The fourth-order valence-electron chi connectivity index (χ4n) is 3.24. The van der Waals surface area contributed by atoms with Crippen LogP contribution < -0.4 is 10.6 Å². The Kier molecular flexibility index (Phi) is 4.35. The number of nitrogens with one attached hydrogen (secondary N) is 2. The van der Waals surface area contributed by atoms with E-state index in [9.17, 15) is 9.90 Å². The molecule has 4 heteroatoms. The lowest BCUT2D eigenvalue weighted by atomic mass is 10.1. The smallest absolute Gasteiger partial charge is 0.319 e. The average Bonchev–Trinajstić information content (AvgIpc) is 2.85. The molecule has 1 aliphatic carbocycles. The molecule has 4 nitrogen and oxygen atoms in total. The molecule has 0 aliphatic heterocycles. The van der Waals surface area contributed by atoms with Gasteiger partial charge in [-0.2, -0.15) is 0 Å². The molecule has 0 saturated carbocycles. The quantitative estimate of drug-likeness (QED) is 0.814. The summed E-state index contributed by atoms with van der Waals surface area (Å²) in [4.78, 5) is 12.4. The Bertz CT molecular complexity index is 727. The summed E-state index contributed by atoms with van der Waals surface area (Å²) in [7, 11) is 0. The van der Waals surface area contributed by atoms with Gasteiger partial charge in [0.05, 0.1) is 12.1 Å². The third kappa shape index (κ3) is 3.08. The van der Waals surface area contributed by atoms with E-state index >= 15 is 0 Å². The molecule has 120 valence electrons. The Labute approximate surface area is 136 Å². The van der Waals surface area contributed by atoms with E-state index in [-0.39, 0.29) is 12.1 Å². The van der Waals surface area contributed by atoms with Crippen molar-refractivity contribution in [2.45, 2.75) is 38.8 Å². The van der Waals surface area contributed by atoms with E-state index < -0.39 is 6.10 Å². The van der Waals surface area contributed by atoms with Gasteiger partial charge >= 0.3 is 6.03 Å². The lowest BCUT2D eigenvalue weighted by Gasteiger charge is -2.20. The van der Waals surface area contributed by atoms with Gasteiger partial charge in [0.15, 0.2) is 0 Å². The maximum Gasteiger partial charge on any atom is 0.319 e. The number of aryl methyl sites for hydroxylation is 2. The Balaban J connectivity index is 1.76. The van der Waals surface area contributed by atoms with Gasteiger partial charge in [0.2, 0.25) is 0 Å². The fraction of sp³-hybridized carbons (Fsp3) is 0.316. The second-order valence-corrected chi connectivity index (χ2v) is 6.01. The van der Waals surface area contributed by atoms with Crippen LogP contribution in [0.2, 0.25) is 0 Å². The van der Waals surface area contributed by atoms with Crippen molar-refractivity contribution in [1.82, 2.24) is 5.32 Å². The fourth-order valence-corrected chi connectivity index (χ4v) is 3.24. The lowest BCUT2D eigenvalue weighted by molar-refractivity contribution is 0.144. The van der Waals surface area contributed by atoms with Gasteiger partial charge in [0.25, 0.3) is 0 Å². The highest BCUT2D eigenvalue weighted by atomic mass is 16.3. The SMILES string of the molecule is CCc1cccc(C)c1NC(=O)N[C@@H]1c2ccccc2C[C@@H]1O. The van der Waals surface area contributed by atoms with Crippen LogP contribution in [0.3, 0.4) is 0 Å². The highest BCUT2D eigenvalue weighted by molar-refractivity contribution is 5.91. The molecule has 0 bridgehead atoms.